The molecule has 0 saturated heterocycles. The largest absolute Gasteiger partial charge is 0.497 e. The van der Waals surface area contributed by atoms with Crippen LogP contribution in [0.4, 0.5) is 11.5 Å². The lowest BCUT2D eigenvalue weighted by Crippen LogP contribution is -1.99. The van der Waals surface area contributed by atoms with E-state index in [-0.39, 0.29) is 0 Å². The molecule has 0 aliphatic rings. The zero-order valence-corrected chi connectivity index (χ0v) is 18.0. The molecule has 0 radical (unpaired) electrons. The smallest absolute Gasteiger partial charge is 0.143 e. The molecule has 0 bridgehead atoms. The SMILES string of the molecule is COc1ccc(OC)c(Nc2ncnc3sc(C)c(-c4ccc(C)c(C)c4)c23)c1. The second-order valence-corrected chi connectivity index (χ2v) is 8.13. The highest BCUT2D eigenvalue weighted by Crippen LogP contribution is 2.42. The number of aryl methyl sites for hydroxylation is 3. The van der Waals surface area contributed by atoms with E-state index in [4.69, 9.17) is 9.47 Å². The number of hydrogen-bond acceptors (Lipinski definition) is 6. The van der Waals surface area contributed by atoms with Crippen LogP contribution in [0, 0.1) is 20.8 Å². The van der Waals surface area contributed by atoms with Crippen molar-refractivity contribution in [2.45, 2.75) is 20.8 Å². The number of nitrogens with one attached hydrogen (secondary N) is 1. The third kappa shape index (κ3) is 3.51. The molecular weight excluding hydrogens is 382 g/mol. The van der Waals surface area contributed by atoms with Gasteiger partial charge in [-0.1, -0.05) is 18.2 Å². The van der Waals surface area contributed by atoms with Gasteiger partial charge in [0.25, 0.3) is 0 Å². The minimum atomic E-state index is 0.720. The van der Waals surface area contributed by atoms with Crippen LogP contribution in [0.15, 0.2) is 42.7 Å². The Hall–Kier alpha value is -3.12. The molecule has 4 aromatic rings. The molecule has 148 valence electrons. The fourth-order valence-electron chi connectivity index (χ4n) is 3.42. The van der Waals surface area contributed by atoms with E-state index in [0.29, 0.717) is 0 Å². The Kier molecular flexibility index (Phi) is 5.11. The summed E-state index contributed by atoms with van der Waals surface area (Å²) >= 11 is 1.68. The van der Waals surface area contributed by atoms with Crippen LogP contribution in [0.25, 0.3) is 21.3 Å². The van der Waals surface area contributed by atoms with Crippen LogP contribution in [-0.2, 0) is 0 Å². The molecule has 1 N–H and O–H groups in total. The van der Waals surface area contributed by atoms with E-state index in [1.54, 1.807) is 31.9 Å². The minimum Gasteiger partial charge on any atom is -0.497 e. The van der Waals surface area contributed by atoms with Crippen LogP contribution < -0.4 is 14.8 Å². The van der Waals surface area contributed by atoms with Crippen molar-refractivity contribution in [3.05, 3.63) is 58.7 Å². The van der Waals surface area contributed by atoms with Gasteiger partial charge in [0.1, 0.15) is 28.5 Å². The monoisotopic (exact) mass is 405 g/mol. The van der Waals surface area contributed by atoms with E-state index in [0.717, 1.165) is 38.8 Å². The predicted molar refractivity (Wildman–Crippen MR) is 120 cm³/mol. The predicted octanol–water partition coefficient (Wildman–Crippen LogP) is 6.04. The van der Waals surface area contributed by atoms with Crippen molar-refractivity contribution in [3.8, 4) is 22.6 Å². The summed E-state index contributed by atoms with van der Waals surface area (Å²) in [5.41, 5.74) is 5.68. The molecule has 29 heavy (non-hydrogen) atoms. The maximum Gasteiger partial charge on any atom is 0.143 e. The van der Waals surface area contributed by atoms with Crippen molar-refractivity contribution in [2.75, 3.05) is 19.5 Å². The number of thiophene rings is 1. The van der Waals surface area contributed by atoms with Gasteiger partial charge in [0.15, 0.2) is 0 Å². The third-order valence-corrected chi connectivity index (χ3v) is 6.13. The molecular formula is C23H23N3O2S. The molecule has 0 atom stereocenters. The second kappa shape index (κ2) is 7.72. The first kappa shape index (κ1) is 19.2. The van der Waals surface area contributed by atoms with E-state index >= 15 is 0 Å². The first-order valence-corrected chi connectivity index (χ1v) is 10.1. The first-order chi connectivity index (χ1) is 14.0. The fraction of sp³-hybridized carbons (Fsp3) is 0.217. The highest BCUT2D eigenvalue weighted by molar-refractivity contribution is 7.19. The summed E-state index contributed by atoms with van der Waals surface area (Å²) in [6, 6.07) is 12.2. The van der Waals surface area contributed by atoms with Gasteiger partial charge in [-0.15, -0.1) is 11.3 Å². The molecule has 0 amide bonds. The number of methoxy groups -OCH3 is 2. The van der Waals surface area contributed by atoms with Gasteiger partial charge >= 0.3 is 0 Å². The number of anilines is 2. The molecule has 0 aliphatic heterocycles. The summed E-state index contributed by atoms with van der Waals surface area (Å²) in [5.74, 6) is 2.21. The van der Waals surface area contributed by atoms with E-state index in [1.807, 2.05) is 18.2 Å². The maximum absolute atomic E-state index is 5.52. The lowest BCUT2D eigenvalue weighted by Gasteiger charge is -2.14. The standard InChI is InChI=1S/C23H23N3O2S/c1-13-6-7-16(10-14(13)2)20-15(3)29-23-21(20)22(24-12-25-23)26-18-11-17(27-4)8-9-19(18)28-5/h6-12H,1-5H3,(H,24,25,26). The number of hydrogen-bond donors (Lipinski definition) is 1. The number of nitrogens with zero attached hydrogens (tertiary/aromatic N) is 2. The molecule has 2 aromatic carbocycles. The normalized spacial score (nSPS) is 10.9. The number of fused-ring (bicyclic) bond motifs is 1. The summed E-state index contributed by atoms with van der Waals surface area (Å²) in [6.45, 7) is 6.40. The molecule has 0 saturated carbocycles. The Morgan fingerprint density at radius 2 is 1.72 bits per heavy atom. The van der Waals surface area contributed by atoms with Crippen LogP contribution in [0.2, 0.25) is 0 Å². The average Bonchev–Trinajstić information content (AvgIpc) is 3.07. The Labute approximate surface area is 174 Å². The van der Waals surface area contributed by atoms with Gasteiger partial charge in [-0.3, -0.25) is 0 Å². The quantitative estimate of drug-likeness (QED) is 0.438. The van der Waals surface area contributed by atoms with Gasteiger partial charge in [-0.25, -0.2) is 9.97 Å². The van der Waals surface area contributed by atoms with Crippen LogP contribution >= 0.6 is 11.3 Å². The summed E-state index contributed by atoms with van der Waals surface area (Å²) in [4.78, 5) is 11.2. The fourth-order valence-corrected chi connectivity index (χ4v) is 4.44. The summed E-state index contributed by atoms with van der Waals surface area (Å²) < 4.78 is 10.9. The highest BCUT2D eigenvalue weighted by atomic mass is 32.1. The van der Waals surface area contributed by atoms with Gasteiger partial charge in [-0.2, -0.15) is 0 Å². The Morgan fingerprint density at radius 1 is 0.897 bits per heavy atom. The maximum atomic E-state index is 5.52. The second-order valence-electron chi connectivity index (χ2n) is 6.93. The average molecular weight is 406 g/mol. The molecule has 6 heteroatoms. The highest BCUT2D eigenvalue weighted by Gasteiger charge is 2.18. The molecule has 2 aromatic heterocycles. The molecule has 2 heterocycles. The lowest BCUT2D eigenvalue weighted by molar-refractivity contribution is 0.405. The molecule has 0 unspecified atom stereocenters. The first-order valence-electron chi connectivity index (χ1n) is 9.32. The van der Waals surface area contributed by atoms with Crippen molar-refractivity contribution in [3.63, 3.8) is 0 Å². The van der Waals surface area contributed by atoms with Crippen molar-refractivity contribution in [1.29, 1.82) is 0 Å². The molecule has 0 fully saturated rings. The van der Waals surface area contributed by atoms with E-state index in [9.17, 15) is 0 Å². The van der Waals surface area contributed by atoms with Gasteiger partial charge in [0.2, 0.25) is 0 Å². The van der Waals surface area contributed by atoms with Crippen LogP contribution in [-0.4, -0.2) is 24.2 Å². The van der Waals surface area contributed by atoms with E-state index in [2.05, 4.69) is 54.3 Å². The lowest BCUT2D eigenvalue weighted by atomic mass is 9.99. The van der Waals surface area contributed by atoms with E-state index < -0.39 is 0 Å². The van der Waals surface area contributed by atoms with Gasteiger partial charge in [0.05, 0.1) is 25.3 Å². The minimum absolute atomic E-state index is 0.720. The molecule has 0 spiro atoms. The number of aromatic nitrogens is 2. The number of ether oxygens (including phenoxy) is 2. The third-order valence-electron chi connectivity index (χ3n) is 5.12. The zero-order valence-electron chi connectivity index (χ0n) is 17.2. The van der Waals surface area contributed by atoms with Crippen LogP contribution in [0.3, 0.4) is 0 Å². The van der Waals surface area contributed by atoms with Gasteiger partial charge < -0.3 is 14.8 Å². The molecule has 4 rings (SSSR count). The Bertz CT molecular complexity index is 1200. The Balaban J connectivity index is 1.90. The van der Waals surface area contributed by atoms with Gasteiger partial charge in [0, 0.05) is 16.5 Å². The van der Waals surface area contributed by atoms with Crippen LogP contribution in [0.5, 0.6) is 11.5 Å². The topological polar surface area (TPSA) is 56.3 Å². The van der Waals surface area contributed by atoms with Crippen molar-refractivity contribution in [1.82, 2.24) is 9.97 Å². The summed E-state index contributed by atoms with van der Waals surface area (Å²) in [7, 11) is 3.30. The zero-order chi connectivity index (χ0) is 20.5. The van der Waals surface area contributed by atoms with E-state index in [1.165, 1.54) is 21.6 Å². The summed E-state index contributed by atoms with van der Waals surface area (Å²) in [5, 5.41) is 4.46. The number of rotatable bonds is 5. The molecule has 0 aliphatic carbocycles. The van der Waals surface area contributed by atoms with Crippen LogP contribution in [0.1, 0.15) is 16.0 Å². The Morgan fingerprint density at radius 3 is 2.45 bits per heavy atom. The van der Waals surface area contributed by atoms with Crippen molar-refractivity contribution < 1.29 is 9.47 Å². The number of benzene rings is 2. The van der Waals surface area contributed by atoms with Gasteiger partial charge in [-0.05, 0) is 49.6 Å². The van der Waals surface area contributed by atoms with Crippen molar-refractivity contribution in [2.24, 2.45) is 0 Å². The summed E-state index contributed by atoms with van der Waals surface area (Å²) in [6.07, 6.45) is 1.59. The molecule has 5 nitrogen and oxygen atoms in total. The van der Waals surface area contributed by atoms with Crippen molar-refractivity contribution >= 4 is 33.1 Å².